The fourth-order valence-corrected chi connectivity index (χ4v) is 2.65. The van der Waals surface area contributed by atoms with E-state index in [0.717, 1.165) is 11.1 Å². The van der Waals surface area contributed by atoms with Gasteiger partial charge in [0, 0.05) is 5.41 Å². The molecule has 2 aromatic carbocycles. The van der Waals surface area contributed by atoms with Crippen molar-refractivity contribution in [2.75, 3.05) is 6.61 Å². The van der Waals surface area contributed by atoms with Crippen LogP contribution in [0.5, 0.6) is 5.75 Å². The maximum atomic E-state index is 13.2. The van der Waals surface area contributed by atoms with Gasteiger partial charge in [-0.05, 0) is 51.3 Å². The van der Waals surface area contributed by atoms with Gasteiger partial charge in [-0.15, -0.1) is 0 Å². The van der Waals surface area contributed by atoms with Gasteiger partial charge < -0.3 is 9.47 Å². The first-order valence-corrected chi connectivity index (χ1v) is 8.14. The highest BCUT2D eigenvalue weighted by molar-refractivity contribution is 9.10. The quantitative estimate of drug-likeness (QED) is 0.592. The minimum absolute atomic E-state index is 0.127. The molecular weight excluding hydrogens is 385 g/mol. The molecule has 0 saturated heterocycles. The first-order valence-electron chi connectivity index (χ1n) is 7.35. The van der Waals surface area contributed by atoms with E-state index in [9.17, 15) is 13.2 Å². The van der Waals surface area contributed by atoms with Gasteiger partial charge in [-0.1, -0.05) is 32.0 Å². The topological polar surface area (TPSA) is 18.5 Å². The predicted molar refractivity (Wildman–Crippen MR) is 89.9 cm³/mol. The van der Waals surface area contributed by atoms with Crippen molar-refractivity contribution in [1.82, 2.24) is 0 Å². The van der Waals surface area contributed by atoms with E-state index in [1.54, 1.807) is 24.3 Å². The Labute approximate surface area is 147 Å². The molecule has 2 nitrogen and oxygen atoms in total. The molecule has 0 aliphatic carbocycles. The number of rotatable bonds is 7. The minimum atomic E-state index is -2.83. The lowest BCUT2D eigenvalue weighted by Crippen LogP contribution is -2.24. The Bertz CT molecular complexity index is 672. The Kier molecular flexibility index (Phi) is 6.29. The number of halogens is 4. The lowest BCUT2D eigenvalue weighted by atomic mass is 9.85. The summed E-state index contributed by atoms with van der Waals surface area (Å²) in [5.74, 6) is -0.188. The normalized spacial score (nSPS) is 11.8. The second kappa shape index (κ2) is 8.03. The van der Waals surface area contributed by atoms with E-state index >= 15 is 0 Å². The Hall–Kier alpha value is -1.53. The number of alkyl halides is 2. The molecule has 0 unspecified atom stereocenters. The summed E-state index contributed by atoms with van der Waals surface area (Å²) >= 11 is 3.14. The SMILES string of the molecule is CC(C)(COCc1ccc(F)c(Br)c1)c1ccc(OC(F)F)cc1. The average Bonchev–Trinajstić information content (AvgIpc) is 2.50. The molecule has 2 rings (SSSR count). The molecule has 0 spiro atoms. The molecule has 0 aliphatic heterocycles. The van der Waals surface area contributed by atoms with Gasteiger partial charge in [0.05, 0.1) is 17.7 Å². The van der Waals surface area contributed by atoms with E-state index in [-0.39, 0.29) is 17.0 Å². The second-order valence-corrected chi connectivity index (χ2v) is 6.88. The number of hydrogen-bond donors (Lipinski definition) is 0. The second-order valence-electron chi connectivity index (χ2n) is 6.03. The van der Waals surface area contributed by atoms with E-state index in [1.165, 1.54) is 18.2 Å². The van der Waals surface area contributed by atoms with E-state index in [1.807, 2.05) is 13.8 Å². The van der Waals surface area contributed by atoms with Crippen LogP contribution in [0.25, 0.3) is 0 Å². The van der Waals surface area contributed by atoms with Crippen LogP contribution in [0.2, 0.25) is 0 Å². The molecule has 0 fully saturated rings. The molecule has 0 aliphatic rings. The van der Waals surface area contributed by atoms with Gasteiger partial charge in [0.2, 0.25) is 0 Å². The highest BCUT2D eigenvalue weighted by Gasteiger charge is 2.21. The Morgan fingerprint density at radius 1 is 1.08 bits per heavy atom. The Balaban J connectivity index is 1.93. The van der Waals surface area contributed by atoms with Crippen LogP contribution in [0.3, 0.4) is 0 Å². The monoisotopic (exact) mass is 402 g/mol. The van der Waals surface area contributed by atoms with Crippen LogP contribution in [0.15, 0.2) is 46.9 Å². The van der Waals surface area contributed by atoms with Crippen LogP contribution < -0.4 is 4.74 Å². The highest BCUT2D eigenvalue weighted by Crippen LogP contribution is 2.27. The number of benzene rings is 2. The first kappa shape index (κ1) is 18.8. The Morgan fingerprint density at radius 2 is 1.75 bits per heavy atom. The Morgan fingerprint density at radius 3 is 2.33 bits per heavy atom. The lowest BCUT2D eigenvalue weighted by Gasteiger charge is -2.25. The zero-order chi connectivity index (χ0) is 17.7. The maximum absolute atomic E-state index is 13.2. The zero-order valence-electron chi connectivity index (χ0n) is 13.4. The van der Waals surface area contributed by atoms with Crippen LogP contribution in [-0.2, 0) is 16.8 Å². The van der Waals surface area contributed by atoms with Crippen LogP contribution >= 0.6 is 15.9 Å². The third-order valence-electron chi connectivity index (χ3n) is 3.58. The lowest BCUT2D eigenvalue weighted by molar-refractivity contribution is -0.0498. The first-order chi connectivity index (χ1) is 11.3. The third-order valence-corrected chi connectivity index (χ3v) is 4.18. The number of ether oxygens (including phenoxy) is 2. The summed E-state index contributed by atoms with van der Waals surface area (Å²) < 4.78 is 48.0. The molecule has 2 aromatic rings. The standard InChI is InChI=1S/C18H18BrF3O2/c1-18(2,13-4-6-14(7-5-13)24-17(21)22)11-23-10-12-3-8-16(20)15(19)9-12/h3-9,17H,10-11H2,1-2H3. The average molecular weight is 403 g/mol. The molecule has 0 amide bonds. The van der Waals surface area contributed by atoms with Crippen molar-refractivity contribution in [2.24, 2.45) is 0 Å². The van der Waals surface area contributed by atoms with Gasteiger partial charge in [0.15, 0.2) is 0 Å². The molecule has 130 valence electrons. The van der Waals surface area contributed by atoms with Crippen molar-refractivity contribution in [3.8, 4) is 5.75 Å². The minimum Gasteiger partial charge on any atom is -0.435 e. The maximum Gasteiger partial charge on any atom is 0.387 e. The molecule has 0 bridgehead atoms. The summed E-state index contributed by atoms with van der Waals surface area (Å²) in [4.78, 5) is 0. The molecule has 6 heteroatoms. The molecule has 0 atom stereocenters. The summed E-state index contributed by atoms with van der Waals surface area (Å²) in [6.45, 7) is 1.95. The molecule has 0 radical (unpaired) electrons. The highest BCUT2D eigenvalue weighted by atomic mass is 79.9. The summed E-state index contributed by atoms with van der Waals surface area (Å²) in [6.07, 6.45) is 0. The van der Waals surface area contributed by atoms with Gasteiger partial charge in [-0.2, -0.15) is 8.78 Å². The van der Waals surface area contributed by atoms with E-state index in [4.69, 9.17) is 4.74 Å². The van der Waals surface area contributed by atoms with Crippen molar-refractivity contribution in [1.29, 1.82) is 0 Å². The molecule has 0 aromatic heterocycles. The number of hydrogen-bond acceptors (Lipinski definition) is 2. The van der Waals surface area contributed by atoms with Gasteiger partial charge in [0.1, 0.15) is 11.6 Å². The van der Waals surface area contributed by atoms with Crippen molar-refractivity contribution >= 4 is 15.9 Å². The van der Waals surface area contributed by atoms with E-state index in [0.29, 0.717) is 17.7 Å². The molecule has 0 heterocycles. The molecule has 24 heavy (non-hydrogen) atoms. The van der Waals surface area contributed by atoms with E-state index < -0.39 is 6.61 Å². The molecule has 0 saturated carbocycles. The summed E-state index contributed by atoms with van der Waals surface area (Å²) in [5, 5.41) is 0. The van der Waals surface area contributed by atoms with E-state index in [2.05, 4.69) is 20.7 Å². The fraction of sp³-hybridized carbons (Fsp3) is 0.333. The summed E-state index contributed by atoms with van der Waals surface area (Å²) in [6, 6.07) is 11.3. The van der Waals surface area contributed by atoms with Crippen LogP contribution in [0, 0.1) is 5.82 Å². The summed E-state index contributed by atoms with van der Waals surface area (Å²) in [7, 11) is 0. The smallest absolute Gasteiger partial charge is 0.387 e. The molecule has 0 N–H and O–H groups in total. The van der Waals surface area contributed by atoms with Crippen molar-refractivity contribution < 1.29 is 22.6 Å². The van der Waals surface area contributed by atoms with Crippen molar-refractivity contribution in [3.63, 3.8) is 0 Å². The molecular formula is C18H18BrF3O2. The fourth-order valence-electron chi connectivity index (χ4n) is 2.22. The van der Waals surface area contributed by atoms with Gasteiger partial charge >= 0.3 is 6.61 Å². The summed E-state index contributed by atoms with van der Waals surface area (Å²) in [5.41, 5.74) is 1.50. The van der Waals surface area contributed by atoms with Gasteiger partial charge in [-0.25, -0.2) is 4.39 Å². The largest absolute Gasteiger partial charge is 0.435 e. The van der Waals surface area contributed by atoms with Crippen molar-refractivity contribution in [3.05, 3.63) is 63.9 Å². The third kappa shape index (κ3) is 5.24. The predicted octanol–water partition coefficient (Wildman–Crippen LogP) is 5.68. The van der Waals surface area contributed by atoms with Crippen molar-refractivity contribution in [2.45, 2.75) is 32.5 Å². The van der Waals surface area contributed by atoms with Crippen LogP contribution in [0.4, 0.5) is 13.2 Å². The van der Waals surface area contributed by atoms with Crippen LogP contribution in [-0.4, -0.2) is 13.2 Å². The van der Waals surface area contributed by atoms with Gasteiger partial charge in [0.25, 0.3) is 0 Å². The van der Waals surface area contributed by atoms with Crippen LogP contribution in [0.1, 0.15) is 25.0 Å². The zero-order valence-corrected chi connectivity index (χ0v) is 14.9. The van der Waals surface area contributed by atoms with Gasteiger partial charge in [-0.3, -0.25) is 0 Å².